The molecule has 0 saturated carbocycles. The van der Waals surface area contributed by atoms with Gasteiger partial charge in [0.1, 0.15) is 0 Å². The van der Waals surface area contributed by atoms with E-state index >= 15 is 0 Å². The highest BCUT2D eigenvalue weighted by Gasteiger charge is 2.07. The minimum atomic E-state index is -0.393. The summed E-state index contributed by atoms with van der Waals surface area (Å²) in [6, 6.07) is 4.77. The molecule has 1 aromatic carbocycles. The molecule has 0 aliphatic heterocycles. The first-order chi connectivity index (χ1) is 7.00. The molecule has 1 aromatic rings. The molecule has 0 radical (unpaired) electrons. The van der Waals surface area contributed by atoms with Crippen molar-refractivity contribution in [1.29, 1.82) is 0 Å². The number of nitro groups is 1. The Hall–Kier alpha value is -1.84. The second-order valence-electron chi connectivity index (χ2n) is 3.57. The Labute approximate surface area is 88.8 Å². The highest BCUT2D eigenvalue weighted by molar-refractivity contribution is 5.55. The quantitative estimate of drug-likeness (QED) is 0.468. The van der Waals surface area contributed by atoms with Gasteiger partial charge < -0.3 is 5.32 Å². The van der Waals surface area contributed by atoms with Crippen LogP contribution in [-0.2, 0) is 0 Å². The van der Waals surface area contributed by atoms with Crippen LogP contribution in [0.15, 0.2) is 30.4 Å². The van der Waals surface area contributed by atoms with E-state index in [1.807, 2.05) is 13.8 Å². The molecule has 0 fully saturated rings. The third-order valence-electron chi connectivity index (χ3n) is 2.00. The lowest BCUT2D eigenvalue weighted by atomic mass is 10.1. The fourth-order valence-electron chi connectivity index (χ4n) is 1.21. The summed E-state index contributed by atoms with van der Waals surface area (Å²) in [6.45, 7) is 8.22. The van der Waals surface area contributed by atoms with Crippen molar-refractivity contribution in [1.82, 2.24) is 0 Å². The molecule has 0 bridgehead atoms. The first-order valence-electron chi connectivity index (χ1n) is 4.64. The molecule has 1 N–H and O–H groups in total. The van der Waals surface area contributed by atoms with E-state index in [1.165, 1.54) is 6.07 Å². The van der Waals surface area contributed by atoms with Gasteiger partial charge in [0.05, 0.1) is 4.92 Å². The first kappa shape index (κ1) is 11.2. The summed E-state index contributed by atoms with van der Waals surface area (Å²) in [7, 11) is 0. The number of nitrogens with zero attached hydrogens (tertiary/aromatic N) is 1. The fraction of sp³-hybridized carbons (Fsp3) is 0.273. The molecular weight excluding hydrogens is 192 g/mol. The first-order valence-corrected chi connectivity index (χ1v) is 4.64. The predicted octanol–water partition coefficient (Wildman–Crippen LogP) is 2.89. The van der Waals surface area contributed by atoms with E-state index in [-0.39, 0.29) is 5.69 Å². The highest BCUT2D eigenvalue weighted by atomic mass is 16.6. The number of rotatable bonds is 4. The van der Waals surface area contributed by atoms with Crippen molar-refractivity contribution >= 4 is 11.4 Å². The number of hydrogen-bond acceptors (Lipinski definition) is 3. The van der Waals surface area contributed by atoms with Crippen LogP contribution in [0.2, 0.25) is 0 Å². The summed E-state index contributed by atoms with van der Waals surface area (Å²) in [5.74, 6) is 0. The van der Waals surface area contributed by atoms with Crippen molar-refractivity contribution in [3.05, 3.63) is 46.0 Å². The molecule has 0 saturated heterocycles. The summed E-state index contributed by atoms with van der Waals surface area (Å²) in [5, 5.41) is 13.7. The predicted molar refractivity (Wildman–Crippen MR) is 61.1 cm³/mol. The second-order valence-corrected chi connectivity index (χ2v) is 3.57. The van der Waals surface area contributed by atoms with Crippen molar-refractivity contribution in [2.75, 3.05) is 11.9 Å². The maximum atomic E-state index is 10.5. The van der Waals surface area contributed by atoms with E-state index in [9.17, 15) is 10.1 Å². The zero-order valence-corrected chi connectivity index (χ0v) is 8.91. The van der Waals surface area contributed by atoms with E-state index in [4.69, 9.17) is 0 Å². The van der Waals surface area contributed by atoms with Gasteiger partial charge in [-0.05, 0) is 25.5 Å². The number of aryl methyl sites for hydroxylation is 1. The molecule has 1 rings (SSSR count). The summed E-state index contributed by atoms with van der Waals surface area (Å²) in [4.78, 5) is 10.1. The molecule has 4 heteroatoms. The molecular formula is C11H14N2O2. The molecule has 0 heterocycles. The van der Waals surface area contributed by atoms with Gasteiger partial charge in [-0.25, -0.2) is 0 Å². The topological polar surface area (TPSA) is 55.2 Å². The van der Waals surface area contributed by atoms with E-state index in [0.29, 0.717) is 6.54 Å². The van der Waals surface area contributed by atoms with Crippen LogP contribution in [0.3, 0.4) is 0 Å². The molecule has 4 nitrogen and oxygen atoms in total. The van der Waals surface area contributed by atoms with Gasteiger partial charge in [0, 0.05) is 24.4 Å². The van der Waals surface area contributed by atoms with Crippen LogP contribution >= 0.6 is 0 Å². The van der Waals surface area contributed by atoms with Crippen LogP contribution in [0.1, 0.15) is 12.5 Å². The Balaban J connectivity index is 2.83. The normalized spacial score (nSPS) is 9.73. The third kappa shape index (κ3) is 3.09. The maximum Gasteiger partial charge on any atom is 0.269 e. The number of anilines is 1. The molecule has 0 amide bonds. The van der Waals surface area contributed by atoms with Crippen molar-refractivity contribution in [3.63, 3.8) is 0 Å². The molecule has 80 valence electrons. The lowest BCUT2D eigenvalue weighted by Crippen LogP contribution is -2.03. The fourth-order valence-corrected chi connectivity index (χ4v) is 1.21. The van der Waals surface area contributed by atoms with E-state index in [1.54, 1.807) is 12.1 Å². The third-order valence-corrected chi connectivity index (χ3v) is 2.00. The van der Waals surface area contributed by atoms with E-state index in [2.05, 4.69) is 11.9 Å². The largest absolute Gasteiger partial charge is 0.381 e. The zero-order chi connectivity index (χ0) is 11.4. The molecule has 15 heavy (non-hydrogen) atoms. The van der Waals surface area contributed by atoms with E-state index < -0.39 is 4.92 Å². The van der Waals surface area contributed by atoms with Gasteiger partial charge >= 0.3 is 0 Å². The summed E-state index contributed by atoms with van der Waals surface area (Å²) in [5.41, 5.74) is 2.91. The average Bonchev–Trinajstić information content (AvgIpc) is 2.15. The minimum Gasteiger partial charge on any atom is -0.381 e. The van der Waals surface area contributed by atoms with Crippen LogP contribution < -0.4 is 5.32 Å². The van der Waals surface area contributed by atoms with Crippen molar-refractivity contribution < 1.29 is 4.92 Å². The number of nitrogens with one attached hydrogen (secondary N) is 1. The lowest BCUT2D eigenvalue weighted by molar-refractivity contribution is -0.384. The van der Waals surface area contributed by atoms with Gasteiger partial charge in [0.2, 0.25) is 0 Å². The van der Waals surface area contributed by atoms with Crippen LogP contribution in [0.25, 0.3) is 0 Å². The van der Waals surface area contributed by atoms with Crippen LogP contribution in [0.5, 0.6) is 0 Å². The molecule has 0 aliphatic rings. The molecule has 0 spiro atoms. The van der Waals surface area contributed by atoms with Gasteiger partial charge in [-0.3, -0.25) is 10.1 Å². The van der Waals surface area contributed by atoms with Gasteiger partial charge in [-0.2, -0.15) is 0 Å². The zero-order valence-electron chi connectivity index (χ0n) is 8.91. The van der Waals surface area contributed by atoms with Crippen molar-refractivity contribution in [2.45, 2.75) is 13.8 Å². The SMILES string of the molecule is C=C(C)CNc1ccc([N+](=O)[O-])cc1C. The smallest absolute Gasteiger partial charge is 0.269 e. The number of hydrogen-bond donors (Lipinski definition) is 1. The van der Waals surface area contributed by atoms with Crippen LogP contribution in [-0.4, -0.2) is 11.5 Å². The number of non-ortho nitro benzene ring substituents is 1. The number of benzene rings is 1. The summed E-state index contributed by atoms with van der Waals surface area (Å²) >= 11 is 0. The Morgan fingerprint density at radius 3 is 2.73 bits per heavy atom. The van der Waals surface area contributed by atoms with Gasteiger partial charge in [-0.1, -0.05) is 12.2 Å². The second kappa shape index (κ2) is 4.59. The Morgan fingerprint density at radius 2 is 2.27 bits per heavy atom. The van der Waals surface area contributed by atoms with Gasteiger partial charge in [0.15, 0.2) is 0 Å². The minimum absolute atomic E-state index is 0.119. The molecule has 0 aliphatic carbocycles. The summed E-state index contributed by atoms with van der Waals surface area (Å²) < 4.78 is 0. The van der Waals surface area contributed by atoms with Gasteiger partial charge in [0.25, 0.3) is 5.69 Å². The van der Waals surface area contributed by atoms with Crippen LogP contribution in [0.4, 0.5) is 11.4 Å². The van der Waals surface area contributed by atoms with Crippen LogP contribution in [0, 0.1) is 17.0 Å². The molecule has 0 aromatic heterocycles. The Kier molecular flexibility index (Phi) is 3.44. The maximum absolute atomic E-state index is 10.5. The standard InChI is InChI=1S/C11H14N2O2/c1-8(2)7-12-11-5-4-10(13(14)15)6-9(11)3/h4-6,12H,1,7H2,2-3H3. The van der Waals surface area contributed by atoms with E-state index in [0.717, 1.165) is 16.8 Å². The van der Waals surface area contributed by atoms with Crippen molar-refractivity contribution in [3.8, 4) is 0 Å². The Bertz CT molecular complexity index is 400. The molecule has 0 atom stereocenters. The number of nitro benzene ring substituents is 1. The average molecular weight is 206 g/mol. The summed E-state index contributed by atoms with van der Waals surface area (Å²) in [6.07, 6.45) is 0. The Morgan fingerprint density at radius 1 is 1.60 bits per heavy atom. The lowest BCUT2D eigenvalue weighted by Gasteiger charge is -2.08. The van der Waals surface area contributed by atoms with Crippen molar-refractivity contribution in [2.24, 2.45) is 0 Å². The monoisotopic (exact) mass is 206 g/mol. The molecule has 0 unspecified atom stereocenters. The van der Waals surface area contributed by atoms with Gasteiger partial charge in [-0.15, -0.1) is 0 Å². The highest BCUT2D eigenvalue weighted by Crippen LogP contribution is 2.21.